The molecule has 3 nitrogen and oxygen atoms in total. The highest BCUT2D eigenvalue weighted by Gasteiger charge is 2.11. The summed E-state index contributed by atoms with van der Waals surface area (Å²) in [7, 11) is 1.86. The fourth-order valence-corrected chi connectivity index (χ4v) is 2.28. The average molecular weight is 342 g/mol. The van der Waals surface area contributed by atoms with Gasteiger partial charge >= 0.3 is 0 Å². The van der Waals surface area contributed by atoms with Gasteiger partial charge in [0.05, 0.1) is 6.61 Å². The summed E-state index contributed by atoms with van der Waals surface area (Å²) in [5, 5.41) is 1.03. The van der Waals surface area contributed by atoms with Gasteiger partial charge in [0, 0.05) is 24.5 Å². The third-order valence-electron chi connectivity index (χ3n) is 3.03. The molecule has 20 heavy (non-hydrogen) atoms. The zero-order valence-corrected chi connectivity index (χ0v) is 14.0. The Kier molecular flexibility index (Phi) is 8.35. The van der Waals surface area contributed by atoms with Crippen LogP contribution in [0.3, 0.4) is 0 Å². The zero-order chi connectivity index (χ0) is 14.8. The molecule has 0 N–H and O–H groups in total. The van der Waals surface area contributed by atoms with Crippen molar-refractivity contribution in [1.82, 2.24) is 4.90 Å². The van der Waals surface area contributed by atoms with Gasteiger partial charge in [0.25, 0.3) is 5.91 Å². The van der Waals surface area contributed by atoms with E-state index in [9.17, 15) is 4.79 Å². The Hall–Kier alpha value is -1.03. The highest BCUT2D eigenvalue weighted by atomic mass is 79.9. The molecule has 0 atom stereocenters. The minimum Gasteiger partial charge on any atom is -0.494 e. The summed E-state index contributed by atoms with van der Waals surface area (Å²) in [4.78, 5) is 14.1. The third-order valence-corrected chi connectivity index (χ3v) is 3.59. The van der Waals surface area contributed by atoms with Crippen LogP contribution in [0.2, 0.25) is 0 Å². The summed E-state index contributed by atoms with van der Waals surface area (Å²) in [6, 6.07) is 7.43. The van der Waals surface area contributed by atoms with Crippen molar-refractivity contribution < 1.29 is 9.53 Å². The van der Waals surface area contributed by atoms with Crippen LogP contribution in [0.15, 0.2) is 24.3 Å². The molecule has 0 fully saturated rings. The molecule has 0 radical (unpaired) electrons. The summed E-state index contributed by atoms with van der Waals surface area (Å²) in [5.41, 5.74) is 0.696. The van der Waals surface area contributed by atoms with E-state index in [4.69, 9.17) is 4.74 Å². The molecular formula is C16H24BrNO2. The molecule has 0 aliphatic heterocycles. The Labute approximate surface area is 130 Å². The number of benzene rings is 1. The van der Waals surface area contributed by atoms with E-state index in [1.165, 1.54) is 0 Å². The Morgan fingerprint density at radius 2 is 2.10 bits per heavy atom. The lowest BCUT2D eigenvalue weighted by Gasteiger charge is -2.17. The standard InChI is InChI=1S/C16H24BrNO2/c1-3-12-20-15-9-7-8-14(13-15)16(19)18(2)11-6-4-5-10-17/h7-9,13H,3-6,10-12H2,1-2H3. The Morgan fingerprint density at radius 3 is 2.80 bits per heavy atom. The Bertz CT molecular complexity index is 409. The summed E-state index contributed by atoms with van der Waals surface area (Å²) in [6.07, 6.45) is 4.30. The first kappa shape index (κ1) is 17.0. The van der Waals surface area contributed by atoms with E-state index < -0.39 is 0 Å². The second-order valence-corrected chi connectivity index (χ2v) is 5.65. The van der Waals surface area contributed by atoms with Crippen molar-refractivity contribution in [2.24, 2.45) is 0 Å². The van der Waals surface area contributed by atoms with E-state index in [0.29, 0.717) is 12.2 Å². The normalized spacial score (nSPS) is 10.3. The molecule has 0 aliphatic rings. The van der Waals surface area contributed by atoms with Gasteiger partial charge in [0.15, 0.2) is 0 Å². The molecule has 0 spiro atoms. The van der Waals surface area contributed by atoms with Crippen LogP contribution >= 0.6 is 15.9 Å². The number of halogens is 1. The number of carbonyl (C=O) groups excluding carboxylic acids is 1. The largest absolute Gasteiger partial charge is 0.494 e. The van der Waals surface area contributed by atoms with Crippen molar-refractivity contribution in [2.75, 3.05) is 25.5 Å². The maximum atomic E-state index is 12.3. The topological polar surface area (TPSA) is 29.5 Å². The monoisotopic (exact) mass is 341 g/mol. The fourth-order valence-electron chi connectivity index (χ4n) is 1.88. The number of amides is 1. The lowest BCUT2D eigenvalue weighted by atomic mass is 10.2. The molecule has 0 bridgehead atoms. The predicted octanol–water partition coefficient (Wildman–Crippen LogP) is 4.11. The molecule has 1 rings (SSSR count). The van der Waals surface area contributed by atoms with Crippen molar-refractivity contribution in [3.05, 3.63) is 29.8 Å². The number of hydrogen-bond donors (Lipinski definition) is 0. The highest BCUT2D eigenvalue weighted by molar-refractivity contribution is 9.09. The summed E-state index contributed by atoms with van der Waals surface area (Å²) >= 11 is 3.42. The van der Waals surface area contributed by atoms with E-state index >= 15 is 0 Å². The third kappa shape index (κ3) is 5.95. The van der Waals surface area contributed by atoms with E-state index in [1.807, 2.05) is 31.3 Å². The molecule has 0 aliphatic carbocycles. The van der Waals surface area contributed by atoms with Gasteiger partial charge in [-0.2, -0.15) is 0 Å². The molecule has 112 valence electrons. The fraction of sp³-hybridized carbons (Fsp3) is 0.562. The van der Waals surface area contributed by atoms with Gasteiger partial charge in [-0.3, -0.25) is 4.79 Å². The molecule has 1 amide bonds. The number of rotatable bonds is 9. The smallest absolute Gasteiger partial charge is 0.253 e. The molecule has 4 heteroatoms. The van der Waals surface area contributed by atoms with Gasteiger partial charge in [-0.15, -0.1) is 0 Å². The maximum absolute atomic E-state index is 12.3. The van der Waals surface area contributed by atoms with Crippen molar-refractivity contribution in [2.45, 2.75) is 32.6 Å². The van der Waals surface area contributed by atoms with Crippen LogP contribution in [0.4, 0.5) is 0 Å². The van der Waals surface area contributed by atoms with Gasteiger partial charge in [0.2, 0.25) is 0 Å². The van der Waals surface area contributed by atoms with Crippen LogP contribution in [0.1, 0.15) is 43.0 Å². The second kappa shape index (κ2) is 9.81. The van der Waals surface area contributed by atoms with Crippen LogP contribution in [-0.4, -0.2) is 36.3 Å². The second-order valence-electron chi connectivity index (χ2n) is 4.85. The first-order chi connectivity index (χ1) is 9.69. The lowest BCUT2D eigenvalue weighted by Crippen LogP contribution is -2.27. The van der Waals surface area contributed by atoms with E-state index in [2.05, 4.69) is 22.9 Å². The SMILES string of the molecule is CCCOc1cccc(C(=O)N(C)CCCCCBr)c1. The highest BCUT2D eigenvalue weighted by Crippen LogP contribution is 2.15. The van der Waals surface area contributed by atoms with Crippen LogP contribution in [0.25, 0.3) is 0 Å². The minimum atomic E-state index is 0.0609. The van der Waals surface area contributed by atoms with Gasteiger partial charge < -0.3 is 9.64 Å². The number of ether oxygens (including phenoxy) is 1. The van der Waals surface area contributed by atoms with Crippen molar-refractivity contribution >= 4 is 21.8 Å². The molecule has 1 aromatic carbocycles. The predicted molar refractivity (Wildman–Crippen MR) is 86.8 cm³/mol. The van der Waals surface area contributed by atoms with Gasteiger partial charge in [-0.1, -0.05) is 35.3 Å². The lowest BCUT2D eigenvalue weighted by molar-refractivity contribution is 0.0792. The van der Waals surface area contributed by atoms with Gasteiger partial charge in [-0.25, -0.2) is 0 Å². The zero-order valence-electron chi connectivity index (χ0n) is 12.4. The van der Waals surface area contributed by atoms with Crippen molar-refractivity contribution in [3.8, 4) is 5.75 Å². The molecule has 0 unspecified atom stereocenters. The van der Waals surface area contributed by atoms with E-state index in [-0.39, 0.29) is 5.91 Å². The first-order valence-electron chi connectivity index (χ1n) is 7.23. The van der Waals surface area contributed by atoms with Crippen molar-refractivity contribution in [3.63, 3.8) is 0 Å². The molecular weight excluding hydrogens is 318 g/mol. The number of nitrogens with zero attached hydrogens (tertiary/aromatic N) is 1. The molecule has 0 saturated carbocycles. The van der Waals surface area contributed by atoms with Gasteiger partial charge in [-0.05, 0) is 37.5 Å². The Balaban J connectivity index is 2.52. The van der Waals surface area contributed by atoms with Gasteiger partial charge in [0.1, 0.15) is 5.75 Å². The Morgan fingerprint density at radius 1 is 1.30 bits per heavy atom. The van der Waals surface area contributed by atoms with Crippen LogP contribution in [0, 0.1) is 0 Å². The molecule has 1 aromatic rings. The number of alkyl halides is 1. The maximum Gasteiger partial charge on any atom is 0.253 e. The minimum absolute atomic E-state index is 0.0609. The van der Waals surface area contributed by atoms with Crippen LogP contribution in [-0.2, 0) is 0 Å². The van der Waals surface area contributed by atoms with E-state index in [1.54, 1.807) is 4.90 Å². The number of unbranched alkanes of at least 4 members (excludes halogenated alkanes) is 2. The number of hydrogen-bond acceptors (Lipinski definition) is 2. The van der Waals surface area contributed by atoms with Crippen molar-refractivity contribution in [1.29, 1.82) is 0 Å². The number of carbonyl (C=O) groups is 1. The summed E-state index contributed by atoms with van der Waals surface area (Å²) in [6.45, 7) is 3.54. The first-order valence-corrected chi connectivity index (χ1v) is 8.35. The quantitative estimate of drug-likeness (QED) is 0.499. The average Bonchev–Trinajstić information content (AvgIpc) is 2.48. The van der Waals surface area contributed by atoms with E-state index in [0.717, 1.165) is 43.3 Å². The summed E-state index contributed by atoms with van der Waals surface area (Å²) in [5.74, 6) is 0.830. The van der Waals surface area contributed by atoms with Crippen LogP contribution < -0.4 is 4.74 Å². The van der Waals surface area contributed by atoms with Crippen LogP contribution in [0.5, 0.6) is 5.75 Å². The molecule has 0 saturated heterocycles. The molecule has 0 aromatic heterocycles. The molecule has 0 heterocycles. The summed E-state index contributed by atoms with van der Waals surface area (Å²) < 4.78 is 5.56.